The number of hydrogen-bond donors (Lipinski definition) is 1. The number of rotatable bonds is 5. The number of nitro groups is 1. The van der Waals surface area contributed by atoms with Gasteiger partial charge in [-0.25, -0.2) is 4.39 Å². The van der Waals surface area contributed by atoms with E-state index in [0.717, 1.165) is 18.2 Å². The standard InChI is InChI=1S/C11H12BrFN2O3/c1-7(4-5-12)14-11(16)9-6-8(13)2-3-10(9)15(17)18/h2-3,6-7H,4-5H2,1H3,(H,14,16). The second-order valence-corrected chi connectivity index (χ2v) is 4.56. The van der Waals surface area contributed by atoms with E-state index in [1.54, 1.807) is 6.92 Å². The Kier molecular flexibility index (Phi) is 5.21. The first-order valence-electron chi connectivity index (χ1n) is 5.26. The quantitative estimate of drug-likeness (QED) is 0.515. The van der Waals surface area contributed by atoms with Crippen LogP contribution in [-0.2, 0) is 0 Å². The smallest absolute Gasteiger partial charge is 0.282 e. The summed E-state index contributed by atoms with van der Waals surface area (Å²) in [6, 6.07) is 2.66. The van der Waals surface area contributed by atoms with Crippen molar-refractivity contribution >= 4 is 27.5 Å². The molecule has 1 aromatic carbocycles. The van der Waals surface area contributed by atoms with Crippen LogP contribution < -0.4 is 5.32 Å². The summed E-state index contributed by atoms with van der Waals surface area (Å²) in [6.45, 7) is 1.77. The third kappa shape index (κ3) is 3.76. The van der Waals surface area contributed by atoms with E-state index in [2.05, 4.69) is 21.2 Å². The number of nitro benzene ring substituents is 1. The summed E-state index contributed by atoms with van der Waals surface area (Å²) in [5.74, 6) is -1.33. The zero-order valence-corrected chi connectivity index (χ0v) is 11.2. The highest BCUT2D eigenvalue weighted by molar-refractivity contribution is 9.09. The van der Waals surface area contributed by atoms with Crippen molar-refractivity contribution in [3.8, 4) is 0 Å². The van der Waals surface area contributed by atoms with Crippen molar-refractivity contribution in [2.45, 2.75) is 19.4 Å². The molecule has 1 N–H and O–H groups in total. The predicted molar refractivity (Wildman–Crippen MR) is 68.4 cm³/mol. The molecular weight excluding hydrogens is 307 g/mol. The molecule has 98 valence electrons. The van der Waals surface area contributed by atoms with Gasteiger partial charge in [-0.3, -0.25) is 14.9 Å². The highest BCUT2D eigenvalue weighted by Crippen LogP contribution is 2.19. The third-order valence-corrected chi connectivity index (χ3v) is 2.78. The Balaban J connectivity index is 2.97. The van der Waals surface area contributed by atoms with Gasteiger partial charge in [-0.2, -0.15) is 0 Å². The Hall–Kier alpha value is -1.50. The van der Waals surface area contributed by atoms with Crippen molar-refractivity contribution in [3.05, 3.63) is 39.7 Å². The summed E-state index contributed by atoms with van der Waals surface area (Å²) >= 11 is 3.23. The minimum absolute atomic E-state index is 0.153. The van der Waals surface area contributed by atoms with E-state index < -0.39 is 22.3 Å². The van der Waals surface area contributed by atoms with E-state index in [4.69, 9.17) is 0 Å². The van der Waals surface area contributed by atoms with Gasteiger partial charge in [0.25, 0.3) is 11.6 Å². The van der Waals surface area contributed by atoms with Gasteiger partial charge in [-0.15, -0.1) is 0 Å². The number of amides is 1. The highest BCUT2D eigenvalue weighted by atomic mass is 79.9. The first-order chi connectivity index (χ1) is 8.45. The van der Waals surface area contributed by atoms with Gasteiger partial charge in [-0.05, 0) is 25.5 Å². The molecule has 0 saturated carbocycles. The van der Waals surface area contributed by atoms with E-state index >= 15 is 0 Å². The van der Waals surface area contributed by atoms with Crippen molar-refractivity contribution in [3.63, 3.8) is 0 Å². The lowest BCUT2D eigenvalue weighted by Crippen LogP contribution is -2.33. The van der Waals surface area contributed by atoms with E-state index in [9.17, 15) is 19.3 Å². The fourth-order valence-electron chi connectivity index (χ4n) is 1.39. The van der Waals surface area contributed by atoms with Crippen LogP contribution in [0.15, 0.2) is 18.2 Å². The molecule has 1 unspecified atom stereocenters. The van der Waals surface area contributed by atoms with E-state index in [1.807, 2.05) is 0 Å². The van der Waals surface area contributed by atoms with Gasteiger partial charge in [-0.1, -0.05) is 15.9 Å². The summed E-state index contributed by atoms with van der Waals surface area (Å²) in [4.78, 5) is 21.8. The Labute approximate surface area is 112 Å². The van der Waals surface area contributed by atoms with Gasteiger partial charge < -0.3 is 5.32 Å². The number of carbonyl (C=O) groups is 1. The molecule has 18 heavy (non-hydrogen) atoms. The normalized spacial score (nSPS) is 11.9. The molecule has 0 aliphatic heterocycles. The van der Waals surface area contributed by atoms with Crippen LogP contribution in [0.1, 0.15) is 23.7 Å². The van der Waals surface area contributed by atoms with E-state index in [-0.39, 0.29) is 11.6 Å². The molecular formula is C11H12BrFN2O3. The lowest BCUT2D eigenvalue weighted by atomic mass is 10.1. The maximum absolute atomic E-state index is 13.0. The van der Waals surface area contributed by atoms with Crippen LogP contribution in [0, 0.1) is 15.9 Å². The SMILES string of the molecule is CC(CCBr)NC(=O)c1cc(F)ccc1[N+](=O)[O-]. The molecule has 1 aromatic rings. The van der Waals surface area contributed by atoms with Gasteiger partial charge in [0.2, 0.25) is 0 Å². The fraction of sp³-hybridized carbons (Fsp3) is 0.364. The Morgan fingerprint density at radius 3 is 2.83 bits per heavy atom. The zero-order valence-electron chi connectivity index (χ0n) is 9.65. The average molecular weight is 319 g/mol. The topological polar surface area (TPSA) is 72.2 Å². The van der Waals surface area contributed by atoms with Crippen molar-refractivity contribution in [1.82, 2.24) is 5.32 Å². The molecule has 0 saturated heterocycles. The lowest BCUT2D eigenvalue weighted by Gasteiger charge is -2.12. The first-order valence-corrected chi connectivity index (χ1v) is 6.38. The van der Waals surface area contributed by atoms with Crippen LogP contribution in [0.2, 0.25) is 0 Å². The van der Waals surface area contributed by atoms with Crippen molar-refractivity contribution in [2.24, 2.45) is 0 Å². The Morgan fingerprint density at radius 1 is 1.61 bits per heavy atom. The van der Waals surface area contributed by atoms with Gasteiger partial charge in [0, 0.05) is 17.4 Å². The highest BCUT2D eigenvalue weighted by Gasteiger charge is 2.21. The van der Waals surface area contributed by atoms with Crippen LogP contribution in [0.5, 0.6) is 0 Å². The van der Waals surface area contributed by atoms with Gasteiger partial charge in [0.05, 0.1) is 4.92 Å². The summed E-state index contributed by atoms with van der Waals surface area (Å²) in [7, 11) is 0. The van der Waals surface area contributed by atoms with Crippen molar-refractivity contribution in [1.29, 1.82) is 0 Å². The number of halogens is 2. The lowest BCUT2D eigenvalue weighted by molar-refractivity contribution is -0.385. The molecule has 0 aliphatic carbocycles. The molecule has 0 aliphatic rings. The molecule has 0 fully saturated rings. The van der Waals surface area contributed by atoms with Gasteiger partial charge in [0.15, 0.2) is 0 Å². The number of hydrogen-bond acceptors (Lipinski definition) is 3. The maximum atomic E-state index is 13.0. The van der Waals surface area contributed by atoms with Crippen LogP contribution in [0.25, 0.3) is 0 Å². The Bertz CT molecular complexity index is 468. The second-order valence-electron chi connectivity index (χ2n) is 3.77. The fourth-order valence-corrected chi connectivity index (χ4v) is 2.07. The molecule has 1 atom stereocenters. The van der Waals surface area contributed by atoms with Crippen LogP contribution in [0.3, 0.4) is 0 Å². The second kappa shape index (κ2) is 6.44. The number of carbonyl (C=O) groups excluding carboxylic acids is 1. The van der Waals surface area contributed by atoms with E-state index in [0.29, 0.717) is 11.8 Å². The molecule has 1 amide bonds. The monoisotopic (exact) mass is 318 g/mol. The third-order valence-electron chi connectivity index (χ3n) is 2.32. The molecule has 0 bridgehead atoms. The van der Waals surface area contributed by atoms with Crippen LogP contribution in [-0.4, -0.2) is 22.2 Å². The first kappa shape index (κ1) is 14.6. The molecule has 0 radical (unpaired) electrons. The number of nitrogens with one attached hydrogen (secondary N) is 1. The summed E-state index contributed by atoms with van der Waals surface area (Å²) in [5.41, 5.74) is -0.665. The van der Waals surface area contributed by atoms with E-state index in [1.165, 1.54) is 0 Å². The van der Waals surface area contributed by atoms with Gasteiger partial charge >= 0.3 is 0 Å². The summed E-state index contributed by atoms with van der Waals surface area (Å²) in [5, 5.41) is 14.0. The summed E-state index contributed by atoms with van der Waals surface area (Å²) < 4.78 is 13.0. The minimum atomic E-state index is -0.705. The molecule has 0 spiro atoms. The molecule has 0 aromatic heterocycles. The number of nitrogens with zero attached hydrogens (tertiary/aromatic N) is 1. The largest absolute Gasteiger partial charge is 0.349 e. The minimum Gasteiger partial charge on any atom is -0.349 e. The van der Waals surface area contributed by atoms with Crippen molar-refractivity contribution in [2.75, 3.05) is 5.33 Å². The Morgan fingerprint density at radius 2 is 2.28 bits per heavy atom. The zero-order chi connectivity index (χ0) is 13.7. The molecule has 0 heterocycles. The molecule has 7 heteroatoms. The van der Waals surface area contributed by atoms with Crippen LogP contribution >= 0.6 is 15.9 Å². The molecule has 5 nitrogen and oxygen atoms in total. The van der Waals surface area contributed by atoms with Crippen molar-refractivity contribution < 1.29 is 14.1 Å². The summed E-state index contributed by atoms with van der Waals surface area (Å²) in [6.07, 6.45) is 0.675. The average Bonchev–Trinajstić information content (AvgIpc) is 2.28. The predicted octanol–water partition coefficient (Wildman–Crippen LogP) is 2.64. The maximum Gasteiger partial charge on any atom is 0.282 e. The van der Waals surface area contributed by atoms with Gasteiger partial charge in [0.1, 0.15) is 11.4 Å². The molecule has 1 rings (SSSR count). The van der Waals surface area contributed by atoms with Crippen LogP contribution in [0.4, 0.5) is 10.1 Å². The number of benzene rings is 1. The number of alkyl halides is 1.